The fraction of sp³-hybridized carbons (Fsp3) is 0.0588. The number of anilines is 2. The number of benzene rings is 1. The van der Waals surface area contributed by atoms with Crippen LogP contribution in [-0.4, -0.2) is 17.1 Å². The monoisotopic (exact) mass is 323 g/mol. The number of furan rings is 1. The van der Waals surface area contributed by atoms with E-state index < -0.39 is 0 Å². The number of hydrogen-bond acceptors (Lipinski definition) is 6. The van der Waals surface area contributed by atoms with E-state index in [9.17, 15) is 0 Å². The molecule has 0 radical (unpaired) electrons. The molecule has 0 saturated heterocycles. The van der Waals surface area contributed by atoms with Crippen LogP contribution in [0.3, 0.4) is 0 Å². The van der Waals surface area contributed by atoms with Gasteiger partial charge in [0.05, 0.1) is 28.5 Å². The van der Waals surface area contributed by atoms with Crippen LogP contribution >= 0.6 is 11.3 Å². The van der Waals surface area contributed by atoms with Gasteiger partial charge in [-0.3, -0.25) is 0 Å². The molecule has 3 aromatic heterocycles. The number of rotatable bonds is 4. The number of hydrogen-bond donors (Lipinski definition) is 1. The van der Waals surface area contributed by atoms with Crippen molar-refractivity contribution in [2.45, 2.75) is 0 Å². The summed E-state index contributed by atoms with van der Waals surface area (Å²) in [5.41, 5.74) is 1.80. The summed E-state index contributed by atoms with van der Waals surface area (Å²) in [6, 6.07) is 13.6. The molecule has 0 aliphatic rings. The molecule has 0 fully saturated rings. The van der Waals surface area contributed by atoms with Gasteiger partial charge in [0.2, 0.25) is 0 Å². The molecule has 0 bridgehead atoms. The average molecular weight is 323 g/mol. The Morgan fingerprint density at radius 2 is 2.09 bits per heavy atom. The third-order valence-electron chi connectivity index (χ3n) is 3.41. The predicted octanol–water partition coefficient (Wildman–Crippen LogP) is 4.70. The highest BCUT2D eigenvalue weighted by Crippen LogP contribution is 2.36. The van der Waals surface area contributed by atoms with Gasteiger partial charge >= 0.3 is 0 Å². The maximum atomic E-state index is 5.46. The normalized spacial score (nSPS) is 10.8. The van der Waals surface area contributed by atoms with Crippen LogP contribution in [0.4, 0.5) is 11.5 Å². The van der Waals surface area contributed by atoms with E-state index in [4.69, 9.17) is 9.15 Å². The molecule has 5 nitrogen and oxygen atoms in total. The van der Waals surface area contributed by atoms with E-state index in [1.807, 2.05) is 42.5 Å². The molecule has 3 heterocycles. The summed E-state index contributed by atoms with van der Waals surface area (Å²) < 4.78 is 11.7. The maximum absolute atomic E-state index is 5.46. The maximum Gasteiger partial charge on any atom is 0.151 e. The van der Waals surface area contributed by atoms with Crippen molar-refractivity contribution in [2.75, 3.05) is 12.4 Å². The SMILES string of the molecule is COc1cccc(Nc2ncnc3cc(-c4ccco4)sc23)c1. The van der Waals surface area contributed by atoms with Gasteiger partial charge in [0.25, 0.3) is 0 Å². The van der Waals surface area contributed by atoms with E-state index in [0.717, 1.165) is 38.1 Å². The van der Waals surface area contributed by atoms with Gasteiger partial charge < -0.3 is 14.5 Å². The number of thiophene rings is 1. The van der Waals surface area contributed by atoms with Gasteiger partial charge in [-0.2, -0.15) is 0 Å². The molecule has 6 heteroatoms. The second kappa shape index (κ2) is 5.73. The number of ether oxygens (including phenoxy) is 1. The molecule has 0 unspecified atom stereocenters. The van der Waals surface area contributed by atoms with E-state index in [2.05, 4.69) is 15.3 Å². The van der Waals surface area contributed by atoms with Crippen molar-refractivity contribution in [1.29, 1.82) is 0 Å². The van der Waals surface area contributed by atoms with Crippen LogP contribution in [-0.2, 0) is 0 Å². The summed E-state index contributed by atoms with van der Waals surface area (Å²) in [4.78, 5) is 9.74. The van der Waals surface area contributed by atoms with Crippen LogP contribution in [0.1, 0.15) is 0 Å². The number of nitrogens with zero attached hydrogens (tertiary/aromatic N) is 2. The standard InChI is InChI=1S/C17H13N3O2S/c1-21-12-5-2-4-11(8-12)20-17-16-13(18-10-19-17)9-15(23-16)14-6-3-7-22-14/h2-10H,1H3,(H,18,19,20). The summed E-state index contributed by atoms with van der Waals surface area (Å²) in [5.74, 6) is 2.40. The molecule has 0 atom stereocenters. The minimum Gasteiger partial charge on any atom is -0.497 e. The minimum atomic E-state index is 0.769. The molecule has 0 saturated carbocycles. The van der Waals surface area contributed by atoms with Crippen molar-refractivity contribution in [3.63, 3.8) is 0 Å². The highest BCUT2D eigenvalue weighted by Gasteiger charge is 2.12. The molecule has 114 valence electrons. The number of aromatic nitrogens is 2. The van der Waals surface area contributed by atoms with Gasteiger partial charge in [-0.05, 0) is 30.3 Å². The van der Waals surface area contributed by atoms with Gasteiger partial charge in [0.1, 0.15) is 17.8 Å². The van der Waals surface area contributed by atoms with Crippen molar-refractivity contribution in [1.82, 2.24) is 9.97 Å². The van der Waals surface area contributed by atoms with Crippen LogP contribution in [0.25, 0.3) is 20.9 Å². The third-order valence-corrected chi connectivity index (χ3v) is 4.55. The summed E-state index contributed by atoms with van der Waals surface area (Å²) >= 11 is 1.60. The lowest BCUT2D eigenvalue weighted by Gasteiger charge is -2.07. The number of nitrogens with one attached hydrogen (secondary N) is 1. The van der Waals surface area contributed by atoms with E-state index in [1.165, 1.54) is 0 Å². The first-order valence-electron chi connectivity index (χ1n) is 7.03. The summed E-state index contributed by atoms with van der Waals surface area (Å²) in [6.07, 6.45) is 3.23. The number of methoxy groups -OCH3 is 1. The molecular weight excluding hydrogens is 310 g/mol. The lowest BCUT2D eigenvalue weighted by atomic mass is 10.3. The molecule has 0 amide bonds. The minimum absolute atomic E-state index is 0.769. The average Bonchev–Trinajstić information content (AvgIpc) is 3.24. The van der Waals surface area contributed by atoms with Gasteiger partial charge in [0, 0.05) is 11.8 Å². The second-order valence-electron chi connectivity index (χ2n) is 4.88. The molecule has 1 N–H and O–H groups in total. The molecular formula is C17H13N3O2S. The molecule has 0 aliphatic heterocycles. The first-order valence-corrected chi connectivity index (χ1v) is 7.84. The molecule has 4 aromatic rings. The summed E-state index contributed by atoms with van der Waals surface area (Å²) in [6.45, 7) is 0. The Morgan fingerprint density at radius 1 is 1.13 bits per heavy atom. The Balaban J connectivity index is 1.74. The van der Waals surface area contributed by atoms with E-state index in [1.54, 1.807) is 31.0 Å². The van der Waals surface area contributed by atoms with Crippen molar-refractivity contribution >= 4 is 33.1 Å². The Hall–Kier alpha value is -2.86. The summed E-state index contributed by atoms with van der Waals surface area (Å²) in [7, 11) is 1.65. The van der Waals surface area contributed by atoms with Gasteiger partial charge in [-0.25, -0.2) is 9.97 Å². The van der Waals surface area contributed by atoms with Crippen LogP contribution in [0.5, 0.6) is 5.75 Å². The van der Waals surface area contributed by atoms with Crippen molar-refractivity contribution in [2.24, 2.45) is 0 Å². The van der Waals surface area contributed by atoms with E-state index in [-0.39, 0.29) is 0 Å². The molecule has 0 aliphatic carbocycles. The lowest BCUT2D eigenvalue weighted by molar-refractivity contribution is 0.415. The van der Waals surface area contributed by atoms with E-state index in [0.29, 0.717) is 0 Å². The zero-order valence-corrected chi connectivity index (χ0v) is 13.1. The number of fused-ring (bicyclic) bond motifs is 1. The Morgan fingerprint density at radius 3 is 2.91 bits per heavy atom. The van der Waals surface area contributed by atoms with Gasteiger partial charge in [-0.15, -0.1) is 11.3 Å². The van der Waals surface area contributed by atoms with Crippen LogP contribution in [0.15, 0.2) is 59.5 Å². The predicted molar refractivity (Wildman–Crippen MR) is 91.4 cm³/mol. The molecule has 23 heavy (non-hydrogen) atoms. The first-order chi connectivity index (χ1) is 11.3. The van der Waals surface area contributed by atoms with Crippen molar-refractivity contribution < 1.29 is 9.15 Å². The molecule has 4 rings (SSSR count). The molecule has 1 aromatic carbocycles. The topological polar surface area (TPSA) is 60.2 Å². The fourth-order valence-electron chi connectivity index (χ4n) is 2.32. The molecule has 0 spiro atoms. The Kier molecular flexibility index (Phi) is 3.44. The first kappa shape index (κ1) is 13.8. The zero-order chi connectivity index (χ0) is 15.6. The zero-order valence-electron chi connectivity index (χ0n) is 12.3. The largest absolute Gasteiger partial charge is 0.497 e. The quantitative estimate of drug-likeness (QED) is 0.589. The third kappa shape index (κ3) is 2.64. The Labute approximate surface area is 136 Å². The fourth-order valence-corrected chi connectivity index (χ4v) is 3.34. The van der Waals surface area contributed by atoms with Crippen LogP contribution in [0, 0.1) is 0 Å². The van der Waals surface area contributed by atoms with E-state index >= 15 is 0 Å². The van der Waals surface area contributed by atoms with Gasteiger partial charge in [0.15, 0.2) is 5.82 Å². The second-order valence-corrected chi connectivity index (χ2v) is 5.93. The van der Waals surface area contributed by atoms with Crippen molar-refractivity contribution in [3.05, 3.63) is 55.1 Å². The van der Waals surface area contributed by atoms with Gasteiger partial charge in [-0.1, -0.05) is 6.07 Å². The van der Waals surface area contributed by atoms with Crippen LogP contribution in [0.2, 0.25) is 0 Å². The highest BCUT2D eigenvalue weighted by molar-refractivity contribution is 7.22. The lowest BCUT2D eigenvalue weighted by Crippen LogP contribution is -1.94. The smallest absolute Gasteiger partial charge is 0.151 e. The van der Waals surface area contributed by atoms with Crippen LogP contribution < -0.4 is 10.1 Å². The highest BCUT2D eigenvalue weighted by atomic mass is 32.1. The summed E-state index contributed by atoms with van der Waals surface area (Å²) in [5, 5.41) is 3.33. The Bertz CT molecular complexity index is 948. The van der Waals surface area contributed by atoms with Crippen molar-refractivity contribution in [3.8, 4) is 16.4 Å².